The lowest BCUT2D eigenvalue weighted by Gasteiger charge is -2.16. The molecular weight excluding hydrogens is 202 g/mol. The first-order valence-corrected chi connectivity index (χ1v) is 5.62. The van der Waals surface area contributed by atoms with Gasteiger partial charge in [0, 0.05) is 6.54 Å². The van der Waals surface area contributed by atoms with E-state index in [4.69, 9.17) is 0 Å². The summed E-state index contributed by atoms with van der Waals surface area (Å²) < 4.78 is 4.55. The van der Waals surface area contributed by atoms with Crippen LogP contribution in [0.3, 0.4) is 0 Å². The van der Waals surface area contributed by atoms with E-state index in [-0.39, 0.29) is 0 Å². The number of rotatable bonds is 6. The molecule has 3 nitrogen and oxygen atoms in total. The van der Waals surface area contributed by atoms with Crippen LogP contribution in [-0.4, -0.2) is 37.6 Å². The maximum atomic E-state index is 9.72. The van der Waals surface area contributed by atoms with Crippen LogP contribution >= 0.6 is 0 Å². The highest BCUT2D eigenvalue weighted by atomic mass is 16.5. The van der Waals surface area contributed by atoms with Crippen molar-refractivity contribution in [2.24, 2.45) is 0 Å². The second kappa shape index (κ2) is 11.7. The highest BCUT2D eigenvalue weighted by Gasteiger charge is 1.96. The summed E-state index contributed by atoms with van der Waals surface area (Å²) in [5.74, 6) is 0. The van der Waals surface area contributed by atoms with E-state index in [1.54, 1.807) is 0 Å². The van der Waals surface area contributed by atoms with E-state index in [1.165, 1.54) is 0 Å². The molecule has 0 heterocycles. The fourth-order valence-corrected chi connectivity index (χ4v) is 1.15. The Morgan fingerprint density at radius 2 is 1.44 bits per heavy atom. The quantitative estimate of drug-likeness (QED) is 0.547. The van der Waals surface area contributed by atoms with E-state index in [0.29, 0.717) is 13.1 Å². The van der Waals surface area contributed by atoms with Crippen LogP contribution in [0.4, 0.5) is 0 Å². The van der Waals surface area contributed by atoms with E-state index < -0.39 is 0 Å². The van der Waals surface area contributed by atoms with Gasteiger partial charge in [0.2, 0.25) is 0 Å². The molecular formula is C13H21NO2. The SMILES string of the molecule is CCN(CC)CCOC=O.c1ccccc1. The number of carbonyl (C=O) groups excluding carboxylic acids is 1. The largest absolute Gasteiger partial charge is 0.467 e. The first kappa shape index (κ1) is 14.6. The first-order chi connectivity index (χ1) is 7.85. The van der Waals surface area contributed by atoms with Crippen LogP contribution in [0.25, 0.3) is 0 Å². The van der Waals surface area contributed by atoms with E-state index >= 15 is 0 Å². The van der Waals surface area contributed by atoms with Crippen molar-refractivity contribution in [3.8, 4) is 0 Å². The summed E-state index contributed by atoms with van der Waals surface area (Å²) in [7, 11) is 0. The van der Waals surface area contributed by atoms with Crippen LogP contribution < -0.4 is 0 Å². The normalized spacial score (nSPS) is 9.19. The number of hydrogen-bond donors (Lipinski definition) is 0. The minimum absolute atomic E-state index is 0.490. The van der Waals surface area contributed by atoms with Crippen molar-refractivity contribution in [3.63, 3.8) is 0 Å². The van der Waals surface area contributed by atoms with Gasteiger partial charge in [-0.15, -0.1) is 0 Å². The fourth-order valence-electron chi connectivity index (χ4n) is 1.15. The number of benzene rings is 1. The van der Waals surface area contributed by atoms with Gasteiger partial charge in [-0.25, -0.2) is 0 Å². The summed E-state index contributed by atoms with van der Waals surface area (Å²) in [5, 5.41) is 0. The molecule has 0 aliphatic carbocycles. The summed E-state index contributed by atoms with van der Waals surface area (Å²) >= 11 is 0. The number of hydrogen-bond acceptors (Lipinski definition) is 3. The Bertz CT molecular complexity index is 208. The zero-order valence-corrected chi connectivity index (χ0v) is 10.1. The van der Waals surface area contributed by atoms with Gasteiger partial charge in [0.05, 0.1) is 0 Å². The standard InChI is InChI=1S/C7H15NO2.C6H6/c1-3-8(4-2)5-6-10-7-9;1-2-4-6-5-3-1/h7H,3-6H2,1-2H3;1-6H. The molecule has 0 amide bonds. The zero-order valence-electron chi connectivity index (χ0n) is 10.1. The lowest BCUT2D eigenvalue weighted by Crippen LogP contribution is -2.26. The predicted molar refractivity (Wildman–Crippen MR) is 66.2 cm³/mol. The molecule has 0 aliphatic rings. The third-order valence-corrected chi connectivity index (χ3v) is 2.15. The van der Waals surface area contributed by atoms with Crippen molar-refractivity contribution in [3.05, 3.63) is 36.4 Å². The molecule has 0 saturated carbocycles. The molecule has 1 aromatic rings. The zero-order chi connectivity index (χ0) is 12.1. The van der Waals surface area contributed by atoms with Gasteiger partial charge in [-0.2, -0.15) is 0 Å². The van der Waals surface area contributed by atoms with Gasteiger partial charge in [-0.3, -0.25) is 4.79 Å². The first-order valence-electron chi connectivity index (χ1n) is 5.62. The minimum atomic E-state index is 0.490. The Hall–Kier alpha value is -1.35. The number of carbonyl (C=O) groups is 1. The third-order valence-electron chi connectivity index (χ3n) is 2.15. The van der Waals surface area contributed by atoms with Crippen LogP contribution in [0.1, 0.15) is 13.8 Å². The second-order valence-corrected chi connectivity index (χ2v) is 3.15. The van der Waals surface area contributed by atoms with Crippen molar-refractivity contribution < 1.29 is 9.53 Å². The molecule has 0 bridgehead atoms. The second-order valence-electron chi connectivity index (χ2n) is 3.15. The van der Waals surface area contributed by atoms with E-state index in [0.717, 1.165) is 19.6 Å². The molecule has 0 atom stereocenters. The Balaban J connectivity index is 0.000000315. The molecule has 90 valence electrons. The average Bonchev–Trinajstić information content (AvgIpc) is 2.38. The summed E-state index contributed by atoms with van der Waals surface area (Å²) in [6, 6.07) is 12.0. The summed E-state index contributed by atoms with van der Waals surface area (Å²) in [6.45, 7) is 8.03. The maximum Gasteiger partial charge on any atom is 0.293 e. The predicted octanol–water partition coefficient (Wildman–Crippen LogP) is 2.19. The van der Waals surface area contributed by atoms with Crippen molar-refractivity contribution in [2.75, 3.05) is 26.2 Å². The van der Waals surface area contributed by atoms with Gasteiger partial charge >= 0.3 is 0 Å². The molecule has 0 aromatic heterocycles. The van der Waals surface area contributed by atoms with Crippen molar-refractivity contribution >= 4 is 6.47 Å². The van der Waals surface area contributed by atoms with Gasteiger partial charge in [-0.1, -0.05) is 50.2 Å². The van der Waals surface area contributed by atoms with Crippen LogP contribution in [0.2, 0.25) is 0 Å². The summed E-state index contributed by atoms with van der Waals surface area (Å²) in [5.41, 5.74) is 0. The van der Waals surface area contributed by atoms with E-state index in [2.05, 4.69) is 23.5 Å². The molecule has 0 spiro atoms. The van der Waals surface area contributed by atoms with Crippen LogP contribution in [0.15, 0.2) is 36.4 Å². The monoisotopic (exact) mass is 223 g/mol. The van der Waals surface area contributed by atoms with Crippen LogP contribution in [0, 0.1) is 0 Å². The Morgan fingerprint density at radius 1 is 1.00 bits per heavy atom. The molecule has 0 saturated heterocycles. The lowest BCUT2D eigenvalue weighted by molar-refractivity contribution is -0.129. The number of ether oxygens (including phenoxy) is 1. The third kappa shape index (κ3) is 9.21. The molecule has 1 rings (SSSR count). The van der Waals surface area contributed by atoms with E-state index in [9.17, 15) is 4.79 Å². The van der Waals surface area contributed by atoms with E-state index in [1.807, 2.05) is 36.4 Å². The smallest absolute Gasteiger partial charge is 0.293 e. The molecule has 1 aromatic carbocycles. The molecule has 0 N–H and O–H groups in total. The number of likely N-dealkylation sites (N-methyl/N-ethyl adjacent to an activating group) is 1. The molecule has 0 fully saturated rings. The highest BCUT2D eigenvalue weighted by Crippen LogP contribution is 1.84. The van der Waals surface area contributed by atoms with Crippen molar-refractivity contribution in [1.29, 1.82) is 0 Å². The summed E-state index contributed by atoms with van der Waals surface area (Å²) in [6.07, 6.45) is 0. The molecule has 16 heavy (non-hydrogen) atoms. The van der Waals surface area contributed by atoms with Gasteiger partial charge in [-0.05, 0) is 13.1 Å². The molecule has 0 radical (unpaired) electrons. The topological polar surface area (TPSA) is 29.5 Å². The van der Waals surface area contributed by atoms with Gasteiger partial charge in [0.1, 0.15) is 6.61 Å². The molecule has 3 heteroatoms. The Labute approximate surface area is 98.0 Å². The fraction of sp³-hybridized carbons (Fsp3) is 0.462. The average molecular weight is 223 g/mol. The van der Waals surface area contributed by atoms with Crippen LogP contribution in [-0.2, 0) is 9.53 Å². The van der Waals surface area contributed by atoms with Crippen LogP contribution in [0.5, 0.6) is 0 Å². The van der Waals surface area contributed by atoms with Gasteiger partial charge in [0.15, 0.2) is 0 Å². The summed E-state index contributed by atoms with van der Waals surface area (Å²) in [4.78, 5) is 11.9. The van der Waals surface area contributed by atoms with Crippen molar-refractivity contribution in [2.45, 2.75) is 13.8 Å². The molecule has 0 unspecified atom stereocenters. The minimum Gasteiger partial charge on any atom is -0.467 e. The molecule has 0 aliphatic heterocycles. The maximum absolute atomic E-state index is 9.72. The Kier molecular flexibility index (Phi) is 10.7. The highest BCUT2D eigenvalue weighted by molar-refractivity contribution is 5.36. The Morgan fingerprint density at radius 3 is 1.75 bits per heavy atom. The van der Waals surface area contributed by atoms with Gasteiger partial charge in [0.25, 0.3) is 6.47 Å². The van der Waals surface area contributed by atoms with Crippen molar-refractivity contribution in [1.82, 2.24) is 4.90 Å². The number of nitrogens with zero attached hydrogens (tertiary/aromatic N) is 1. The van der Waals surface area contributed by atoms with Gasteiger partial charge < -0.3 is 9.64 Å². The lowest BCUT2D eigenvalue weighted by atomic mass is 10.4.